The van der Waals surface area contributed by atoms with Gasteiger partial charge in [0.15, 0.2) is 5.78 Å². The van der Waals surface area contributed by atoms with Crippen LogP contribution in [-0.4, -0.2) is 24.3 Å². The quantitative estimate of drug-likeness (QED) is 0.171. The van der Waals surface area contributed by atoms with Crippen molar-refractivity contribution in [1.82, 2.24) is 0 Å². The molecule has 5 nitrogen and oxygen atoms in total. The SMILES string of the molecule is C=CC(=O)OCCCCCC1CCC(C(=O)Oc2ccc(C(=O)C=C)cc2)CC1. The van der Waals surface area contributed by atoms with Crippen molar-refractivity contribution >= 4 is 17.7 Å². The molecule has 0 aromatic heterocycles. The third-order valence-electron chi connectivity index (χ3n) is 5.39. The minimum Gasteiger partial charge on any atom is -0.463 e. The van der Waals surface area contributed by atoms with Crippen LogP contribution in [0, 0.1) is 11.8 Å². The number of unbranched alkanes of at least 4 members (excludes halogenated alkanes) is 2. The zero-order valence-corrected chi connectivity index (χ0v) is 16.9. The van der Waals surface area contributed by atoms with Crippen LogP contribution >= 0.6 is 0 Å². The second-order valence-electron chi connectivity index (χ2n) is 7.45. The van der Waals surface area contributed by atoms with Crippen molar-refractivity contribution in [3.63, 3.8) is 0 Å². The molecule has 0 saturated heterocycles. The predicted octanol–water partition coefficient (Wildman–Crippen LogP) is 5.06. The number of hydrogen-bond acceptors (Lipinski definition) is 5. The summed E-state index contributed by atoms with van der Waals surface area (Å²) in [7, 11) is 0. The maximum atomic E-state index is 12.4. The molecular formula is C24H30O5. The van der Waals surface area contributed by atoms with Crippen molar-refractivity contribution in [2.75, 3.05) is 6.61 Å². The van der Waals surface area contributed by atoms with E-state index in [2.05, 4.69) is 13.2 Å². The topological polar surface area (TPSA) is 69.7 Å². The minimum absolute atomic E-state index is 0.0564. The van der Waals surface area contributed by atoms with E-state index in [0.717, 1.165) is 51.4 Å². The molecule has 0 spiro atoms. The molecule has 2 rings (SSSR count). The van der Waals surface area contributed by atoms with Gasteiger partial charge in [0.2, 0.25) is 0 Å². The van der Waals surface area contributed by atoms with Gasteiger partial charge in [-0.1, -0.05) is 32.4 Å². The van der Waals surface area contributed by atoms with Crippen molar-refractivity contribution in [1.29, 1.82) is 0 Å². The van der Waals surface area contributed by atoms with Gasteiger partial charge in [-0.3, -0.25) is 9.59 Å². The number of ketones is 1. The summed E-state index contributed by atoms with van der Waals surface area (Å²) in [6, 6.07) is 6.57. The third-order valence-corrected chi connectivity index (χ3v) is 5.39. The Bertz CT molecular complexity index is 711. The molecule has 1 aliphatic rings. The van der Waals surface area contributed by atoms with E-state index in [1.54, 1.807) is 24.3 Å². The Balaban J connectivity index is 1.63. The molecule has 1 aliphatic carbocycles. The van der Waals surface area contributed by atoms with Crippen LogP contribution < -0.4 is 4.74 Å². The van der Waals surface area contributed by atoms with E-state index in [-0.39, 0.29) is 23.6 Å². The van der Waals surface area contributed by atoms with Crippen LogP contribution in [0.15, 0.2) is 49.6 Å². The second-order valence-corrected chi connectivity index (χ2v) is 7.45. The first kappa shape index (κ1) is 22.6. The number of ether oxygens (including phenoxy) is 2. The van der Waals surface area contributed by atoms with Gasteiger partial charge in [-0.2, -0.15) is 0 Å². The Morgan fingerprint density at radius 2 is 1.62 bits per heavy atom. The molecule has 29 heavy (non-hydrogen) atoms. The van der Waals surface area contributed by atoms with Gasteiger partial charge < -0.3 is 9.47 Å². The second kappa shape index (κ2) is 12.0. The Kier molecular flexibility index (Phi) is 9.35. The molecule has 1 fully saturated rings. The molecular weight excluding hydrogens is 368 g/mol. The van der Waals surface area contributed by atoms with Crippen LogP contribution in [0.1, 0.15) is 61.7 Å². The molecule has 0 amide bonds. The summed E-state index contributed by atoms with van der Waals surface area (Å²) in [5.41, 5.74) is 0.527. The molecule has 0 aliphatic heterocycles. The van der Waals surface area contributed by atoms with Crippen LogP contribution in [0.5, 0.6) is 5.75 Å². The lowest BCUT2D eigenvalue weighted by atomic mass is 9.80. The van der Waals surface area contributed by atoms with E-state index < -0.39 is 0 Å². The molecule has 0 radical (unpaired) electrons. The summed E-state index contributed by atoms with van der Waals surface area (Å²) in [4.78, 5) is 34.9. The zero-order chi connectivity index (χ0) is 21.1. The molecule has 1 aromatic rings. The standard InChI is InChI=1S/C24H30O5/c1-3-22(25)19-13-15-21(16-14-19)29-24(27)20-11-9-18(10-12-20)8-6-5-7-17-28-23(26)4-2/h3-4,13-16,18,20H,1-2,5-12,17H2. The third kappa shape index (κ3) is 7.68. The maximum Gasteiger partial charge on any atom is 0.330 e. The zero-order valence-electron chi connectivity index (χ0n) is 16.9. The fraction of sp³-hybridized carbons (Fsp3) is 0.458. The van der Waals surface area contributed by atoms with Gasteiger partial charge in [0.05, 0.1) is 12.5 Å². The largest absolute Gasteiger partial charge is 0.463 e. The highest BCUT2D eigenvalue weighted by atomic mass is 16.5. The van der Waals surface area contributed by atoms with Crippen molar-refractivity contribution < 1.29 is 23.9 Å². The van der Waals surface area contributed by atoms with Crippen LogP contribution in [0.3, 0.4) is 0 Å². The highest BCUT2D eigenvalue weighted by Gasteiger charge is 2.27. The van der Waals surface area contributed by atoms with Crippen molar-refractivity contribution in [3.8, 4) is 5.75 Å². The number of carbonyl (C=O) groups is 3. The Morgan fingerprint density at radius 1 is 0.931 bits per heavy atom. The summed E-state index contributed by atoms with van der Waals surface area (Å²) in [5.74, 6) is 0.360. The first-order valence-corrected chi connectivity index (χ1v) is 10.3. The molecule has 0 atom stereocenters. The number of benzene rings is 1. The van der Waals surface area contributed by atoms with Gasteiger partial charge >= 0.3 is 11.9 Å². The van der Waals surface area contributed by atoms with E-state index >= 15 is 0 Å². The number of rotatable bonds is 11. The number of allylic oxidation sites excluding steroid dienone is 1. The normalized spacial score (nSPS) is 18.5. The highest BCUT2D eigenvalue weighted by molar-refractivity contribution is 6.04. The number of hydrogen-bond donors (Lipinski definition) is 0. The summed E-state index contributed by atoms with van der Waals surface area (Å²) in [6.07, 6.45) is 10.4. The van der Waals surface area contributed by atoms with E-state index in [1.807, 2.05) is 0 Å². The van der Waals surface area contributed by atoms with E-state index in [0.29, 0.717) is 23.8 Å². The van der Waals surface area contributed by atoms with E-state index in [1.165, 1.54) is 12.2 Å². The molecule has 5 heteroatoms. The average Bonchev–Trinajstić information content (AvgIpc) is 2.76. The van der Waals surface area contributed by atoms with Gasteiger partial charge in [0.1, 0.15) is 5.75 Å². The van der Waals surface area contributed by atoms with Crippen molar-refractivity contribution in [3.05, 3.63) is 55.1 Å². The highest BCUT2D eigenvalue weighted by Crippen LogP contribution is 2.33. The number of carbonyl (C=O) groups excluding carboxylic acids is 3. The van der Waals surface area contributed by atoms with Crippen LogP contribution in [-0.2, 0) is 14.3 Å². The Morgan fingerprint density at radius 3 is 2.24 bits per heavy atom. The number of esters is 2. The van der Waals surface area contributed by atoms with Gasteiger partial charge in [-0.05, 0) is 68.4 Å². The van der Waals surface area contributed by atoms with Crippen molar-refractivity contribution in [2.45, 2.75) is 51.4 Å². The fourth-order valence-electron chi connectivity index (χ4n) is 3.63. The Labute approximate surface area is 172 Å². The first-order chi connectivity index (χ1) is 14.0. The van der Waals surface area contributed by atoms with Gasteiger partial charge in [-0.25, -0.2) is 4.79 Å². The predicted molar refractivity (Wildman–Crippen MR) is 112 cm³/mol. The van der Waals surface area contributed by atoms with Gasteiger partial charge in [-0.15, -0.1) is 0 Å². The van der Waals surface area contributed by atoms with Crippen LogP contribution in [0.2, 0.25) is 0 Å². The lowest BCUT2D eigenvalue weighted by Gasteiger charge is -2.27. The van der Waals surface area contributed by atoms with Gasteiger partial charge in [0, 0.05) is 11.6 Å². The van der Waals surface area contributed by atoms with Crippen molar-refractivity contribution in [2.24, 2.45) is 11.8 Å². The summed E-state index contributed by atoms with van der Waals surface area (Å²) < 4.78 is 10.5. The molecule has 156 valence electrons. The summed E-state index contributed by atoms with van der Waals surface area (Å²) in [5, 5.41) is 0. The van der Waals surface area contributed by atoms with E-state index in [9.17, 15) is 14.4 Å². The fourth-order valence-corrected chi connectivity index (χ4v) is 3.63. The van der Waals surface area contributed by atoms with Crippen LogP contribution in [0.25, 0.3) is 0 Å². The van der Waals surface area contributed by atoms with Crippen LogP contribution in [0.4, 0.5) is 0 Å². The first-order valence-electron chi connectivity index (χ1n) is 10.3. The average molecular weight is 398 g/mol. The lowest BCUT2D eigenvalue weighted by Crippen LogP contribution is -2.25. The molecule has 1 aromatic carbocycles. The summed E-state index contributed by atoms with van der Waals surface area (Å²) >= 11 is 0. The smallest absolute Gasteiger partial charge is 0.330 e. The molecule has 0 unspecified atom stereocenters. The molecule has 0 N–H and O–H groups in total. The molecule has 1 saturated carbocycles. The Hall–Kier alpha value is -2.69. The monoisotopic (exact) mass is 398 g/mol. The lowest BCUT2D eigenvalue weighted by molar-refractivity contribution is -0.140. The maximum absolute atomic E-state index is 12.4. The molecule has 0 heterocycles. The molecule has 0 bridgehead atoms. The van der Waals surface area contributed by atoms with E-state index in [4.69, 9.17) is 9.47 Å². The summed E-state index contributed by atoms with van der Waals surface area (Å²) in [6.45, 7) is 7.28. The minimum atomic E-state index is -0.364. The van der Waals surface area contributed by atoms with Gasteiger partial charge in [0.25, 0.3) is 0 Å².